The first kappa shape index (κ1) is 15.5. The van der Waals surface area contributed by atoms with Gasteiger partial charge in [0.2, 0.25) is 10.0 Å². The Hall–Kier alpha value is -0.430. The summed E-state index contributed by atoms with van der Waals surface area (Å²) in [5.41, 5.74) is 0. The van der Waals surface area contributed by atoms with Crippen LogP contribution < -0.4 is 5.32 Å². The first-order chi connectivity index (χ1) is 9.88. The molecule has 0 radical (unpaired) electrons. The standard InChI is InChI=1S/C15H24N2O2S2/c1-10-8-17(9-11(10)2)21(18,19)15-6-14(20-12(15)3)7-16-13-4-5-13/h6,10-11,13,16H,4-5,7-9H2,1-3H3. The topological polar surface area (TPSA) is 49.4 Å². The molecule has 2 aliphatic rings. The van der Waals surface area contributed by atoms with Crippen LogP contribution in [0.4, 0.5) is 0 Å². The molecule has 1 saturated carbocycles. The average molecular weight is 329 g/mol. The minimum Gasteiger partial charge on any atom is -0.309 e. The second kappa shape index (κ2) is 5.65. The van der Waals surface area contributed by atoms with Crippen molar-refractivity contribution in [3.63, 3.8) is 0 Å². The number of rotatable bonds is 5. The molecular formula is C15H24N2O2S2. The molecule has 118 valence electrons. The van der Waals surface area contributed by atoms with Crippen LogP contribution in [0.15, 0.2) is 11.0 Å². The second-order valence-electron chi connectivity index (χ2n) is 6.56. The van der Waals surface area contributed by atoms with Crippen molar-refractivity contribution in [2.24, 2.45) is 11.8 Å². The van der Waals surface area contributed by atoms with Crippen molar-refractivity contribution in [3.05, 3.63) is 15.8 Å². The molecule has 0 amide bonds. The molecule has 1 N–H and O–H groups in total. The first-order valence-electron chi connectivity index (χ1n) is 7.70. The minimum absolute atomic E-state index is 0.440. The van der Waals surface area contributed by atoms with E-state index >= 15 is 0 Å². The summed E-state index contributed by atoms with van der Waals surface area (Å²) in [4.78, 5) is 2.55. The highest BCUT2D eigenvalue weighted by molar-refractivity contribution is 7.89. The van der Waals surface area contributed by atoms with Gasteiger partial charge in [-0.1, -0.05) is 13.8 Å². The molecule has 3 rings (SSSR count). The Labute approximate surface area is 131 Å². The second-order valence-corrected chi connectivity index (χ2v) is 9.81. The van der Waals surface area contributed by atoms with Crippen LogP contribution in [0.5, 0.6) is 0 Å². The summed E-state index contributed by atoms with van der Waals surface area (Å²) in [6, 6.07) is 2.52. The maximum Gasteiger partial charge on any atom is 0.244 e. The van der Waals surface area contributed by atoms with Crippen molar-refractivity contribution in [1.82, 2.24) is 9.62 Å². The summed E-state index contributed by atoms with van der Waals surface area (Å²) in [7, 11) is -3.32. The summed E-state index contributed by atoms with van der Waals surface area (Å²) >= 11 is 1.60. The van der Waals surface area contributed by atoms with Gasteiger partial charge in [0.25, 0.3) is 0 Å². The van der Waals surface area contributed by atoms with Crippen molar-refractivity contribution >= 4 is 21.4 Å². The molecule has 0 bridgehead atoms. The number of nitrogens with zero attached hydrogens (tertiary/aromatic N) is 1. The zero-order valence-corrected chi connectivity index (χ0v) is 14.6. The fourth-order valence-electron chi connectivity index (χ4n) is 2.81. The molecule has 2 heterocycles. The van der Waals surface area contributed by atoms with Gasteiger partial charge in [-0.3, -0.25) is 0 Å². The van der Waals surface area contributed by atoms with Gasteiger partial charge in [-0.05, 0) is 37.7 Å². The van der Waals surface area contributed by atoms with Crippen LogP contribution in [-0.4, -0.2) is 31.9 Å². The fraction of sp³-hybridized carbons (Fsp3) is 0.733. The van der Waals surface area contributed by atoms with Crippen molar-refractivity contribution in [1.29, 1.82) is 0 Å². The fourth-order valence-corrected chi connectivity index (χ4v) is 6.01. The van der Waals surface area contributed by atoms with E-state index in [-0.39, 0.29) is 0 Å². The molecule has 2 atom stereocenters. The lowest BCUT2D eigenvalue weighted by molar-refractivity contribution is 0.463. The summed E-state index contributed by atoms with van der Waals surface area (Å²) in [5, 5.41) is 3.45. The van der Waals surface area contributed by atoms with E-state index in [2.05, 4.69) is 19.2 Å². The highest BCUT2D eigenvalue weighted by Gasteiger charge is 2.36. The molecule has 0 aromatic carbocycles. The van der Waals surface area contributed by atoms with Crippen LogP contribution in [0, 0.1) is 18.8 Å². The third kappa shape index (κ3) is 3.18. The summed E-state index contributed by atoms with van der Waals surface area (Å²) in [6.07, 6.45) is 2.50. The molecule has 1 aliphatic heterocycles. The van der Waals surface area contributed by atoms with E-state index in [1.165, 1.54) is 12.8 Å². The van der Waals surface area contributed by atoms with Crippen LogP contribution in [0.25, 0.3) is 0 Å². The molecular weight excluding hydrogens is 304 g/mol. The molecule has 2 fully saturated rings. The third-order valence-corrected chi connectivity index (χ3v) is 7.78. The summed E-state index contributed by atoms with van der Waals surface area (Å²) in [6.45, 7) is 8.26. The Bertz CT molecular complexity index is 610. The van der Waals surface area contributed by atoms with E-state index in [4.69, 9.17) is 0 Å². The van der Waals surface area contributed by atoms with Gasteiger partial charge in [-0.25, -0.2) is 8.42 Å². The quantitative estimate of drug-likeness (QED) is 0.904. The van der Waals surface area contributed by atoms with Crippen molar-refractivity contribution in [2.45, 2.75) is 51.1 Å². The molecule has 4 nitrogen and oxygen atoms in total. The summed E-state index contributed by atoms with van der Waals surface area (Å²) in [5.74, 6) is 0.879. The van der Waals surface area contributed by atoms with Gasteiger partial charge in [-0.2, -0.15) is 4.31 Å². The molecule has 1 saturated heterocycles. The van der Waals surface area contributed by atoms with Crippen LogP contribution >= 0.6 is 11.3 Å². The largest absolute Gasteiger partial charge is 0.309 e. The third-order valence-electron chi connectivity index (χ3n) is 4.64. The van der Waals surface area contributed by atoms with Crippen molar-refractivity contribution < 1.29 is 8.42 Å². The number of aryl methyl sites for hydroxylation is 1. The number of nitrogens with one attached hydrogen (secondary N) is 1. The predicted molar refractivity (Wildman–Crippen MR) is 86.0 cm³/mol. The Kier molecular flexibility index (Phi) is 4.16. The van der Waals surface area contributed by atoms with Crippen molar-refractivity contribution in [2.75, 3.05) is 13.1 Å². The maximum absolute atomic E-state index is 12.8. The lowest BCUT2D eigenvalue weighted by Gasteiger charge is -2.15. The number of hydrogen-bond acceptors (Lipinski definition) is 4. The number of thiophene rings is 1. The minimum atomic E-state index is -3.32. The Balaban J connectivity index is 1.78. The van der Waals surface area contributed by atoms with Gasteiger partial charge < -0.3 is 5.32 Å². The number of hydrogen-bond donors (Lipinski definition) is 1. The highest BCUT2D eigenvalue weighted by atomic mass is 32.2. The molecule has 1 aromatic rings. The molecule has 21 heavy (non-hydrogen) atoms. The smallest absolute Gasteiger partial charge is 0.244 e. The zero-order chi connectivity index (χ0) is 15.2. The monoisotopic (exact) mass is 328 g/mol. The van der Waals surface area contributed by atoms with E-state index in [0.29, 0.717) is 35.9 Å². The molecule has 0 spiro atoms. The van der Waals surface area contributed by atoms with Gasteiger partial charge >= 0.3 is 0 Å². The Morgan fingerprint density at radius 2 is 1.90 bits per heavy atom. The van der Waals surface area contributed by atoms with Crippen molar-refractivity contribution in [3.8, 4) is 0 Å². The van der Waals surface area contributed by atoms with Crippen LogP contribution in [0.2, 0.25) is 0 Å². The molecule has 1 aliphatic carbocycles. The van der Waals surface area contributed by atoms with Gasteiger partial charge in [0, 0.05) is 35.4 Å². The molecule has 2 unspecified atom stereocenters. The van der Waals surface area contributed by atoms with Crippen LogP contribution in [-0.2, 0) is 16.6 Å². The maximum atomic E-state index is 12.8. The van der Waals surface area contributed by atoms with E-state index in [0.717, 1.165) is 16.3 Å². The van der Waals surface area contributed by atoms with Crippen LogP contribution in [0.1, 0.15) is 36.4 Å². The summed E-state index contributed by atoms with van der Waals surface area (Å²) < 4.78 is 27.3. The average Bonchev–Trinajstić information content (AvgIpc) is 3.08. The Morgan fingerprint density at radius 3 is 2.48 bits per heavy atom. The normalized spacial score (nSPS) is 27.4. The van der Waals surface area contributed by atoms with E-state index in [9.17, 15) is 8.42 Å². The number of sulfonamides is 1. The van der Waals surface area contributed by atoms with Gasteiger partial charge in [0.1, 0.15) is 0 Å². The zero-order valence-electron chi connectivity index (χ0n) is 12.9. The highest BCUT2D eigenvalue weighted by Crippen LogP contribution is 2.33. The lowest BCUT2D eigenvalue weighted by atomic mass is 10.0. The van der Waals surface area contributed by atoms with E-state index in [1.807, 2.05) is 13.0 Å². The lowest BCUT2D eigenvalue weighted by Crippen LogP contribution is -2.29. The predicted octanol–water partition coefficient (Wildman–Crippen LogP) is 2.59. The van der Waals surface area contributed by atoms with E-state index in [1.54, 1.807) is 15.6 Å². The van der Waals surface area contributed by atoms with Gasteiger partial charge in [-0.15, -0.1) is 11.3 Å². The van der Waals surface area contributed by atoms with E-state index < -0.39 is 10.0 Å². The first-order valence-corrected chi connectivity index (χ1v) is 9.96. The van der Waals surface area contributed by atoms with Gasteiger partial charge in [0.15, 0.2) is 0 Å². The molecule has 1 aromatic heterocycles. The molecule has 6 heteroatoms. The SMILES string of the molecule is Cc1sc(CNC2CC2)cc1S(=O)(=O)N1CC(C)C(C)C1. The van der Waals surface area contributed by atoms with Crippen LogP contribution in [0.3, 0.4) is 0 Å². The van der Waals surface area contributed by atoms with Gasteiger partial charge in [0.05, 0.1) is 4.90 Å². The Morgan fingerprint density at radius 1 is 1.29 bits per heavy atom.